The van der Waals surface area contributed by atoms with Crippen LogP contribution in [0.15, 0.2) is 91.0 Å². The zero-order chi connectivity index (χ0) is 23.8. The van der Waals surface area contributed by atoms with Crippen LogP contribution in [0.2, 0.25) is 5.02 Å². The number of hydrogen-bond donors (Lipinski definition) is 0. The first-order chi connectivity index (χ1) is 17.2. The fourth-order valence-electron chi connectivity index (χ4n) is 4.93. The number of benzene rings is 4. The van der Waals surface area contributed by atoms with E-state index < -0.39 is 0 Å². The number of hydrogen-bond acceptors (Lipinski definition) is 3. The molecule has 174 valence electrons. The van der Waals surface area contributed by atoms with Crippen LogP contribution in [0.3, 0.4) is 0 Å². The molecule has 6 rings (SSSR count). The first-order valence-corrected chi connectivity index (χ1v) is 12.2. The fourth-order valence-corrected chi connectivity index (χ4v) is 5.11. The Kier molecular flexibility index (Phi) is 5.63. The highest BCUT2D eigenvalue weighted by molar-refractivity contribution is 6.30. The monoisotopic (exact) mass is 481 g/mol. The highest BCUT2D eigenvalue weighted by Gasteiger charge is 2.34. The molecule has 1 aliphatic heterocycles. The van der Waals surface area contributed by atoms with Crippen LogP contribution >= 0.6 is 11.6 Å². The Labute approximate surface area is 208 Å². The SMILES string of the molecule is O=C1CC(c2nc3ccccc3n2CCOc2ccc3ccccc3c2)CN1c1cccc(Cl)c1. The summed E-state index contributed by atoms with van der Waals surface area (Å²) in [4.78, 5) is 19.7. The van der Waals surface area contributed by atoms with Gasteiger partial charge in [0.05, 0.1) is 17.6 Å². The molecule has 0 saturated carbocycles. The summed E-state index contributed by atoms with van der Waals surface area (Å²) in [6.07, 6.45) is 0.418. The van der Waals surface area contributed by atoms with Crippen molar-refractivity contribution in [2.24, 2.45) is 0 Å². The van der Waals surface area contributed by atoms with Crippen molar-refractivity contribution in [2.45, 2.75) is 18.9 Å². The molecule has 2 heterocycles. The van der Waals surface area contributed by atoms with Crippen molar-refractivity contribution in [3.8, 4) is 5.75 Å². The zero-order valence-electron chi connectivity index (χ0n) is 19.1. The van der Waals surface area contributed by atoms with E-state index in [1.165, 1.54) is 5.39 Å². The van der Waals surface area contributed by atoms with Crippen molar-refractivity contribution in [3.05, 3.63) is 102 Å². The van der Waals surface area contributed by atoms with Gasteiger partial charge in [0.25, 0.3) is 0 Å². The van der Waals surface area contributed by atoms with Gasteiger partial charge in [-0.1, -0.05) is 60.1 Å². The number of halogens is 1. The molecule has 1 atom stereocenters. The molecule has 0 N–H and O–H groups in total. The molecule has 1 amide bonds. The smallest absolute Gasteiger partial charge is 0.227 e. The summed E-state index contributed by atoms with van der Waals surface area (Å²) in [5.41, 5.74) is 2.81. The molecule has 1 unspecified atom stereocenters. The second-order valence-corrected chi connectivity index (χ2v) is 9.29. The molecule has 0 aliphatic carbocycles. The van der Waals surface area contributed by atoms with Gasteiger partial charge < -0.3 is 14.2 Å². The quantitative estimate of drug-likeness (QED) is 0.280. The first-order valence-electron chi connectivity index (χ1n) is 11.8. The van der Waals surface area contributed by atoms with Gasteiger partial charge in [0.2, 0.25) is 5.91 Å². The number of para-hydroxylation sites is 2. The molecule has 4 aromatic carbocycles. The minimum absolute atomic E-state index is 0.00505. The predicted molar refractivity (Wildman–Crippen MR) is 140 cm³/mol. The number of rotatable bonds is 6. The number of carbonyl (C=O) groups excluding carboxylic acids is 1. The van der Waals surface area contributed by atoms with Crippen LogP contribution in [0.4, 0.5) is 5.69 Å². The number of aromatic nitrogens is 2. The summed E-state index contributed by atoms with van der Waals surface area (Å²) in [5, 5.41) is 2.97. The van der Waals surface area contributed by atoms with Crippen molar-refractivity contribution >= 4 is 45.0 Å². The van der Waals surface area contributed by atoms with Crippen molar-refractivity contribution < 1.29 is 9.53 Å². The summed E-state index contributed by atoms with van der Waals surface area (Å²) >= 11 is 6.17. The van der Waals surface area contributed by atoms with Crippen molar-refractivity contribution in [3.63, 3.8) is 0 Å². The number of fused-ring (bicyclic) bond motifs is 2. The van der Waals surface area contributed by atoms with Crippen LogP contribution < -0.4 is 9.64 Å². The molecular weight excluding hydrogens is 458 g/mol. The van der Waals surface area contributed by atoms with Crippen molar-refractivity contribution in [1.29, 1.82) is 0 Å². The van der Waals surface area contributed by atoms with Crippen molar-refractivity contribution in [1.82, 2.24) is 9.55 Å². The van der Waals surface area contributed by atoms with E-state index in [4.69, 9.17) is 21.3 Å². The van der Waals surface area contributed by atoms with E-state index in [2.05, 4.69) is 34.9 Å². The topological polar surface area (TPSA) is 47.4 Å². The summed E-state index contributed by atoms with van der Waals surface area (Å²) in [5.74, 6) is 1.85. The van der Waals surface area contributed by atoms with Gasteiger partial charge in [-0.05, 0) is 53.2 Å². The minimum atomic E-state index is -0.00505. The molecule has 1 aliphatic rings. The Morgan fingerprint density at radius 3 is 2.63 bits per heavy atom. The van der Waals surface area contributed by atoms with E-state index >= 15 is 0 Å². The summed E-state index contributed by atoms with van der Waals surface area (Å²) in [6.45, 7) is 1.73. The maximum atomic E-state index is 12.9. The van der Waals surface area contributed by atoms with E-state index in [1.54, 1.807) is 0 Å². The second kappa shape index (κ2) is 9.08. The third kappa shape index (κ3) is 4.24. The van der Waals surface area contributed by atoms with E-state index in [-0.39, 0.29) is 11.8 Å². The highest BCUT2D eigenvalue weighted by atomic mass is 35.5. The van der Waals surface area contributed by atoms with Crippen LogP contribution in [0.1, 0.15) is 18.2 Å². The normalized spacial score (nSPS) is 15.9. The maximum Gasteiger partial charge on any atom is 0.227 e. The molecular formula is C29H24ClN3O2. The molecule has 1 saturated heterocycles. The maximum absolute atomic E-state index is 12.9. The van der Waals surface area contributed by atoms with Crippen LogP contribution in [0.25, 0.3) is 21.8 Å². The van der Waals surface area contributed by atoms with E-state index in [0.717, 1.165) is 33.7 Å². The average molecular weight is 482 g/mol. The second-order valence-electron chi connectivity index (χ2n) is 8.85. The Morgan fingerprint density at radius 1 is 0.914 bits per heavy atom. The van der Waals surface area contributed by atoms with Crippen LogP contribution in [-0.2, 0) is 11.3 Å². The standard InChI is InChI=1S/C29H24ClN3O2/c30-23-8-5-9-24(18-23)33-19-22(17-28(33)34)29-31-26-10-3-4-11-27(26)32(29)14-15-35-25-13-12-20-6-1-2-7-21(20)16-25/h1-13,16,18,22H,14-15,17,19H2. The van der Waals surface area contributed by atoms with Gasteiger partial charge in [0.1, 0.15) is 18.2 Å². The minimum Gasteiger partial charge on any atom is -0.492 e. The highest BCUT2D eigenvalue weighted by Crippen LogP contribution is 2.34. The summed E-state index contributed by atoms with van der Waals surface area (Å²) < 4.78 is 8.34. The Balaban J connectivity index is 1.25. The lowest BCUT2D eigenvalue weighted by Crippen LogP contribution is -2.24. The lowest BCUT2D eigenvalue weighted by molar-refractivity contribution is -0.117. The molecule has 5 nitrogen and oxygen atoms in total. The van der Waals surface area contributed by atoms with Gasteiger partial charge >= 0.3 is 0 Å². The molecule has 0 bridgehead atoms. The Hall–Kier alpha value is -3.83. The van der Waals surface area contributed by atoms with E-state index in [1.807, 2.05) is 65.6 Å². The fraction of sp³-hybridized carbons (Fsp3) is 0.172. The van der Waals surface area contributed by atoms with Crippen LogP contribution in [0, 0.1) is 0 Å². The third-order valence-corrected chi connectivity index (χ3v) is 6.83. The molecule has 35 heavy (non-hydrogen) atoms. The van der Waals surface area contributed by atoms with Gasteiger partial charge in [0, 0.05) is 29.6 Å². The number of amides is 1. The molecule has 1 fully saturated rings. The lowest BCUT2D eigenvalue weighted by Gasteiger charge is -2.18. The summed E-state index contributed by atoms with van der Waals surface area (Å²) in [7, 11) is 0. The Morgan fingerprint density at radius 2 is 1.74 bits per heavy atom. The van der Waals surface area contributed by atoms with E-state index in [0.29, 0.717) is 31.1 Å². The van der Waals surface area contributed by atoms with E-state index in [9.17, 15) is 4.79 Å². The number of ether oxygens (including phenoxy) is 1. The first kappa shape index (κ1) is 21.7. The largest absolute Gasteiger partial charge is 0.492 e. The van der Waals surface area contributed by atoms with Gasteiger partial charge in [-0.15, -0.1) is 0 Å². The number of carbonyl (C=O) groups is 1. The molecule has 0 spiro atoms. The Bertz CT molecular complexity index is 1540. The van der Waals surface area contributed by atoms with Gasteiger partial charge in [-0.25, -0.2) is 4.98 Å². The molecule has 0 radical (unpaired) electrons. The van der Waals surface area contributed by atoms with Crippen molar-refractivity contribution in [2.75, 3.05) is 18.1 Å². The number of nitrogens with zero attached hydrogens (tertiary/aromatic N) is 3. The lowest BCUT2D eigenvalue weighted by atomic mass is 10.1. The third-order valence-electron chi connectivity index (χ3n) is 6.60. The number of imidazole rings is 1. The number of anilines is 1. The zero-order valence-corrected chi connectivity index (χ0v) is 19.9. The van der Waals surface area contributed by atoms with Gasteiger partial charge in [-0.3, -0.25) is 4.79 Å². The van der Waals surface area contributed by atoms with Gasteiger partial charge in [-0.2, -0.15) is 0 Å². The predicted octanol–water partition coefficient (Wildman–Crippen LogP) is 6.44. The van der Waals surface area contributed by atoms with Gasteiger partial charge in [0.15, 0.2) is 0 Å². The molecule has 6 heteroatoms. The molecule has 1 aromatic heterocycles. The van der Waals surface area contributed by atoms with Crippen LogP contribution in [0.5, 0.6) is 5.75 Å². The summed E-state index contributed by atoms with van der Waals surface area (Å²) in [6, 6.07) is 30.0. The van der Waals surface area contributed by atoms with Crippen LogP contribution in [-0.4, -0.2) is 28.6 Å². The average Bonchev–Trinajstić information content (AvgIpc) is 3.44. The molecule has 5 aromatic rings.